The van der Waals surface area contributed by atoms with Gasteiger partial charge in [0.25, 0.3) is 0 Å². The molecule has 140 valence electrons. The standard InChI is InChI=1S/C28H23N/c1-29-21-26(25-19-11-12-20-27(25)29)28(22-13-5-2-6-14-22,23-15-7-3-8-16-23)24-17-9-4-10-18-24/h2-21H,1H3. The van der Waals surface area contributed by atoms with Crippen molar-refractivity contribution in [3.05, 3.63) is 144 Å². The van der Waals surface area contributed by atoms with Gasteiger partial charge in [0.2, 0.25) is 0 Å². The third-order valence-corrected chi connectivity index (χ3v) is 5.92. The smallest absolute Gasteiger partial charge is 0.0722 e. The molecule has 1 nitrogen and oxygen atoms in total. The summed E-state index contributed by atoms with van der Waals surface area (Å²) in [5.41, 5.74) is 5.97. The van der Waals surface area contributed by atoms with Gasteiger partial charge in [-0.1, -0.05) is 109 Å². The summed E-state index contributed by atoms with van der Waals surface area (Å²) in [6, 6.07) is 41.3. The molecule has 1 heterocycles. The van der Waals surface area contributed by atoms with Gasteiger partial charge in [0.15, 0.2) is 0 Å². The molecule has 5 aromatic rings. The normalized spacial score (nSPS) is 11.6. The number of aromatic nitrogens is 1. The fourth-order valence-electron chi connectivity index (χ4n) is 4.67. The monoisotopic (exact) mass is 373 g/mol. The predicted molar refractivity (Wildman–Crippen MR) is 121 cm³/mol. The van der Waals surface area contributed by atoms with E-state index in [0.29, 0.717) is 0 Å². The van der Waals surface area contributed by atoms with E-state index >= 15 is 0 Å². The first-order valence-corrected chi connectivity index (χ1v) is 10.0. The highest BCUT2D eigenvalue weighted by Gasteiger charge is 2.40. The Bertz CT molecular complexity index is 1140. The molecule has 0 aliphatic rings. The van der Waals surface area contributed by atoms with Gasteiger partial charge in [-0.15, -0.1) is 0 Å². The predicted octanol–water partition coefficient (Wildman–Crippen LogP) is 6.56. The van der Waals surface area contributed by atoms with Gasteiger partial charge in [-0.05, 0) is 28.3 Å². The van der Waals surface area contributed by atoms with E-state index in [-0.39, 0.29) is 0 Å². The Balaban J connectivity index is 1.99. The molecule has 0 atom stereocenters. The van der Waals surface area contributed by atoms with Crippen molar-refractivity contribution < 1.29 is 0 Å². The van der Waals surface area contributed by atoms with E-state index in [1.165, 1.54) is 33.2 Å². The van der Waals surface area contributed by atoms with Crippen molar-refractivity contribution in [3.63, 3.8) is 0 Å². The summed E-state index contributed by atoms with van der Waals surface area (Å²) in [6.45, 7) is 0. The first-order chi connectivity index (χ1) is 14.3. The van der Waals surface area contributed by atoms with E-state index in [1.54, 1.807) is 0 Å². The van der Waals surface area contributed by atoms with E-state index in [9.17, 15) is 0 Å². The molecule has 0 spiro atoms. The lowest BCUT2D eigenvalue weighted by molar-refractivity contribution is 0.746. The summed E-state index contributed by atoms with van der Waals surface area (Å²) in [4.78, 5) is 0. The molecule has 0 bridgehead atoms. The number of hydrogen-bond donors (Lipinski definition) is 0. The Kier molecular flexibility index (Phi) is 4.29. The number of benzene rings is 4. The minimum Gasteiger partial charge on any atom is -0.350 e. The summed E-state index contributed by atoms with van der Waals surface area (Å²) in [5.74, 6) is 0. The third kappa shape index (κ3) is 2.70. The number of fused-ring (bicyclic) bond motifs is 1. The molecule has 0 aliphatic carbocycles. The molecule has 1 heteroatoms. The van der Waals surface area contributed by atoms with E-state index in [1.807, 2.05) is 0 Å². The minimum atomic E-state index is -0.398. The summed E-state index contributed by atoms with van der Waals surface area (Å²) >= 11 is 0. The third-order valence-electron chi connectivity index (χ3n) is 5.92. The van der Waals surface area contributed by atoms with Crippen LogP contribution in [-0.2, 0) is 12.5 Å². The SMILES string of the molecule is Cn1cc(C(c2ccccc2)(c2ccccc2)c2ccccc2)c2ccccc21. The number of aryl methyl sites for hydroxylation is 1. The highest BCUT2D eigenvalue weighted by atomic mass is 14.9. The molecular formula is C28H23N. The largest absolute Gasteiger partial charge is 0.350 e. The molecule has 29 heavy (non-hydrogen) atoms. The van der Waals surface area contributed by atoms with E-state index < -0.39 is 5.41 Å². The van der Waals surface area contributed by atoms with Gasteiger partial charge >= 0.3 is 0 Å². The summed E-state index contributed by atoms with van der Waals surface area (Å²) in [6.07, 6.45) is 2.30. The second kappa shape index (κ2) is 7.10. The maximum absolute atomic E-state index is 2.30. The second-order valence-electron chi connectivity index (χ2n) is 7.52. The molecule has 4 aromatic carbocycles. The summed E-state index contributed by atoms with van der Waals surface area (Å²) in [5, 5.41) is 1.28. The van der Waals surface area contributed by atoms with Crippen molar-refractivity contribution in [2.45, 2.75) is 5.41 Å². The molecule has 0 saturated heterocycles. The number of hydrogen-bond acceptors (Lipinski definition) is 0. The Morgan fingerprint density at radius 2 is 0.931 bits per heavy atom. The van der Waals surface area contributed by atoms with Crippen LogP contribution in [0.5, 0.6) is 0 Å². The van der Waals surface area contributed by atoms with Crippen LogP contribution >= 0.6 is 0 Å². The maximum Gasteiger partial charge on any atom is 0.0722 e. The zero-order valence-electron chi connectivity index (χ0n) is 16.5. The van der Waals surface area contributed by atoms with Gasteiger partial charge in [-0.25, -0.2) is 0 Å². The summed E-state index contributed by atoms with van der Waals surface area (Å²) < 4.78 is 2.24. The molecule has 0 aliphatic heterocycles. The Labute approximate surface area is 171 Å². The van der Waals surface area contributed by atoms with Gasteiger partial charge in [-0.2, -0.15) is 0 Å². The molecule has 5 rings (SSSR count). The van der Waals surface area contributed by atoms with Gasteiger partial charge in [-0.3, -0.25) is 0 Å². The lowest BCUT2D eigenvalue weighted by atomic mass is 9.65. The van der Waals surface area contributed by atoms with E-state index in [2.05, 4.69) is 133 Å². The second-order valence-corrected chi connectivity index (χ2v) is 7.52. The van der Waals surface area contributed by atoms with Crippen LogP contribution < -0.4 is 0 Å². The summed E-state index contributed by atoms with van der Waals surface area (Å²) in [7, 11) is 2.14. The average Bonchev–Trinajstić information content (AvgIpc) is 3.14. The van der Waals surface area contributed by atoms with Crippen molar-refractivity contribution in [2.75, 3.05) is 0 Å². The fourth-order valence-corrected chi connectivity index (χ4v) is 4.67. The van der Waals surface area contributed by atoms with Crippen LogP contribution in [0.1, 0.15) is 22.3 Å². The first kappa shape index (κ1) is 17.5. The first-order valence-electron chi connectivity index (χ1n) is 10.0. The minimum absolute atomic E-state index is 0.398. The molecule has 0 radical (unpaired) electrons. The molecule has 0 saturated carbocycles. The number of para-hydroxylation sites is 1. The molecule has 1 aromatic heterocycles. The van der Waals surface area contributed by atoms with Crippen molar-refractivity contribution in [3.8, 4) is 0 Å². The lowest BCUT2D eigenvalue weighted by Gasteiger charge is -2.36. The van der Waals surface area contributed by atoms with E-state index in [4.69, 9.17) is 0 Å². The van der Waals surface area contributed by atoms with E-state index in [0.717, 1.165) is 0 Å². The zero-order chi connectivity index (χ0) is 19.7. The highest BCUT2D eigenvalue weighted by molar-refractivity contribution is 5.88. The van der Waals surface area contributed by atoms with Gasteiger partial charge in [0.05, 0.1) is 5.41 Å². The molecule has 0 amide bonds. The van der Waals surface area contributed by atoms with Crippen LogP contribution in [-0.4, -0.2) is 4.57 Å². The van der Waals surface area contributed by atoms with Gasteiger partial charge < -0.3 is 4.57 Å². The zero-order valence-corrected chi connectivity index (χ0v) is 16.5. The van der Waals surface area contributed by atoms with Crippen LogP contribution in [0.25, 0.3) is 10.9 Å². The number of rotatable bonds is 4. The Morgan fingerprint density at radius 3 is 1.41 bits per heavy atom. The van der Waals surface area contributed by atoms with Crippen molar-refractivity contribution in [1.82, 2.24) is 4.57 Å². The quantitative estimate of drug-likeness (QED) is 0.314. The molecular weight excluding hydrogens is 350 g/mol. The van der Waals surface area contributed by atoms with Crippen molar-refractivity contribution in [1.29, 1.82) is 0 Å². The van der Waals surface area contributed by atoms with Crippen LogP contribution in [0, 0.1) is 0 Å². The molecule has 0 N–H and O–H groups in total. The van der Waals surface area contributed by atoms with Crippen LogP contribution in [0.4, 0.5) is 0 Å². The topological polar surface area (TPSA) is 4.93 Å². The van der Waals surface area contributed by atoms with Crippen LogP contribution in [0.15, 0.2) is 121 Å². The van der Waals surface area contributed by atoms with Crippen LogP contribution in [0.3, 0.4) is 0 Å². The highest BCUT2D eigenvalue weighted by Crippen LogP contribution is 2.47. The maximum atomic E-state index is 2.30. The average molecular weight is 373 g/mol. The lowest BCUT2D eigenvalue weighted by Crippen LogP contribution is -2.30. The Morgan fingerprint density at radius 1 is 0.517 bits per heavy atom. The van der Waals surface area contributed by atoms with Gasteiger partial charge in [0, 0.05) is 24.1 Å². The fraction of sp³-hybridized carbons (Fsp3) is 0.0714. The van der Waals surface area contributed by atoms with Crippen molar-refractivity contribution in [2.24, 2.45) is 7.05 Å². The van der Waals surface area contributed by atoms with Crippen LogP contribution in [0.2, 0.25) is 0 Å². The number of nitrogens with zero attached hydrogens (tertiary/aromatic N) is 1. The Hall–Kier alpha value is -3.58. The molecule has 0 fully saturated rings. The van der Waals surface area contributed by atoms with Gasteiger partial charge in [0.1, 0.15) is 0 Å². The van der Waals surface area contributed by atoms with Crippen molar-refractivity contribution >= 4 is 10.9 Å². The molecule has 0 unspecified atom stereocenters.